The summed E-state index contributed by atoms with van der Waals surface area (Å²) < 4.78 is 0. The number of hydrogen-bond donors (Lipinski definition) is 2. The zero-order chi connectivity index (χ0) is 14.3. The lowest BCUT2D eigenvalue weighted by atomic mass is 10.2. The third kappa shape index (κ3) is 6.14. The standard InChI is InChI=1S/C12H16N4O3.ClH/c1-2-3-4-11(13)15-12(17)14-9-5-7-10(8-6-9)16(18)19;/h5-8H,2-4H2,1H3,(H3,13,14,15,17);1H. The fourth-order valence-electron chi connectivity index (χ4n) is 1.36. The van der Waals surface area contributed by atoms with Gasteiger partial charge in [-0.2, -0.15) is 4.99 Å². The Bertz CT molecular complexity index is 488. The number of nitrogens with one attached hydrogen (secondary N) is 1. The minimum absolute atomic E-state index is 0. The quantitative estimate of drug-likeness (QED) is 0.376. The number of halogens is 1. The first-order valence-corrected chi connectivity index (χ1v) is 5.91. The van der Waals surface area contributed by atoms with Crippen molar-refractivity contribution in [3.05, 3.63) is 34.4 Å². The Balaban J connectivity index is 0.00000361. The molecular formula is C12H17ClN4O3. The summed E-state index contributed by atoms with van der Waals surface area (Å²) in [6, 6.07) is 4.91. The lowest BCUT2D eigenvalue weighted by Gasteiger charge is -2.02. The van der Waals surface area contributed by atoms with Crippen LogP contribution in [0.3, 0.4) is 0 Å². The monoisotopic (exact) mass is 300 g/mol. The second-order valence-corrected chi connectivity index (χ2v) is 3.94. The van der Waals surface area contributed by atoms with Gasteiger partial charge in [0.05, 0.1) is 4.92 Å². The van der Waals surface area contributed by atoms with Gasteiger partial charge in [0.1, 0.15) is 5.84 Å². The largest absolute Gasteiger partial charge is 0.387 e. The van der Waals surface area contributed by atoms with Crippen molar-refractivity contribution >= 4 is 35.6 Å². The highest BCUT2D eigenvalue weighted by molar-refractivity contribution is 5.99. The number of non-ortho nitro benzene ring substituents is 1. The third-order valence-electron chi connectivity index (χ3n) is 2.36. The summed E-state index contributed by atoms with van der Waals surface area (Å²) in [4.78, 5) is 25.1. The van der Waals surface area contributed by atoms with Crippen LogP contribution < -0.4 is 11.1 Å². The van der Waals surface area contributed by atoms with E-state index in [1.54, 1.807) is 0 Å². The first kappa shape index (κ1) is 17.8. The van der Waals surface area contributed by atoms with Crippen LogP contribution in [0.1, 0.15) is 26.2 Å². The maximum atomic E-state index is 11.5. The van der Waals surface area contributed by atoms with Gasteiger partial charge in [-0.25, -0.2) is 4.79 Å². The van der Waals surface area contributed by atoms with Crippen molar-refractivity contribution in [3.63, 3.8) is 0 Å². The molecule has 2 amide bonds. The Morgan fingerprint density at radius 1 is 1.40 bits per heavy atom. The molecule has 8 heteroatoms. The molecule has 110 valence electrons. The Morgan fingerprint density at radius 2 is 2.00 bits per heavy atom. The number of urea groups is 1. The Labute approximate surface area is 122 Å². The number of nitrogens with zero attached hydrogens (tertiary/aromatic N) is 2. The van der Waals surface area contributed by atoms with E-state index in [1.807, 2.05) is 6.92 Å². The molecule has 1 aromatic carbocycles. The number of amidine groups is 1. The van der Waals surface area contributed by atoms with Gasteiger partial charge in [0, 0.05) is 24.2 Å². The molecule has 0 heterocycles. The van der Waals surface area contributed by atoms with Crippen molar-refractivity contribution in [2.24, 2.45) is 10.7 Å². The molecule has 20 heavy (non-hydrogen) atoms. The topological polar surface area (TPSA) is 111 Å². The SMILES string of the molecule is CCCCC(N)=NC(=O)Nc1ccc([N+](=O)[O-])cc1.Cl. The van der Waals surface area contributed by atoms with Gasteiger partial charge in [0.25, 0.3) is 5.69 Å². The molecule has 1 rings (SSSR count). The number of nitrogens with two attached hydrogens (primary N) is 1. The van der Waals surface area contributed by atoms with E-state index in [-0.39, 0.29) is 23.9 Å². The fraction of sp³-hybridized carbons (Fsp3) is 0.333. The Hall–Kier alpha value is -2.15. The molecular weight excluding hydrogens is 284 g/mol. The number of rotatable bonds is 5. The number of hydrogen-bond acceptors (Lipinski definition) is 3. The van der Waals surface area contributed by atoms with Gasteiger partial charge in [-0.05, 0) is 18.6 Å². The van der Waals surface area contributed by atoms with Gasteiger partial charge in [-0.15, -0.1) is 12.4 Å². The van der Waals surface area contributed by atoms with E-state index in [4.69, 9.17) is 5.73 Å². The first-order valence-electron chi connectivity index (χ1n) is 5.91. The highest BCUT2D eigenvalue weighted by Gasteiger charge is 2.06. The third-order valence-corrected chi connectivity index (χ3v) is 2.36. The van der Waals surface area contributed by atoms with E-state index < -0.39 is 11.0 Å². The lowest BCUT2D eigenvalue weighted by Crippen LogP contribution is -2.17. The second kappa shape index (κ2) is 8.87. The number of amides is 2. The number of carbonyl (C=O) groups excluding carboxylic acids is 1. The molecule has 7 nitrogen and oxygen atoms in total. The number of benzene rings is 1. The van der Waals surface area contributed by atoms with Gasteiger partial charge in [-0.1, -0.05) is 13.3 Å². The molecule has 0 radical (unpaired) electrons. The molecule has 0 aromatic heterocycles. The van der Waals surface area contributed by atoms with Crippen LogP contribution in [-0.4, -0.2) is 16.8 Å². The molecule has 0 saturated heterocycles. The van der Waals surface area contributed by atoms with Crippen LogP contribution in [-0.2, 0) is 0 Å². The van der Waals surface area contributed by atoms with Crippen LogP contribution in [0.5, 0.6) is 0 Å². The highest BCUT2D eigenvalue weighted by atomic mass is 35.5. The predicted molar refractivity (Wildman–Crippen MR) is 80.5 cm³/mol. The van der Waals surface area contributed by atoms with E-state index in [9.17, 15) is 14.9 Å². The summed E-state index contributed by atoms with van der Waals surface area (Å²) in [5, 5.41) is 12.9. The molecule has 0 saturated carbocycles. The van der Waals surface area contributed by atoms with E-state index in [1.165, 1.54) is 24.3 Å². The molecule has 0 aliphatic carbocycles. The summed E-state index contributed by atoms with van der Waals surface area (Å²) >= 11 is 0. The molecule has 1 aromatic rings. The maximum absolute atomic E-state index is 11.5. The van der Waals surface area contributed by atoms with Gasteiger partial charge < -0.3 is 11.1 Å². The van der Waals surface area contributed by atoms with Crippen LogP contribution in [0.2, 0.25) is 0 Å². The van der Waals surface area contributed by atoms with Gasteiger partial charge >= 0.3 is 6.03 Å². The molecule has 0 unspecified atom stereocenters. The number of aliphatic imine (C=N–C) groups is 1. The minimum Gasteiger partial charge on any atom is -0.387 e. The van der Waals surface area contributed by atoms with Crippen molar-refractivity contribution in [3.8, 4) is 0 Å². The Morgan fingerprint density at radius 3 is 2.50 bits per heavy atom. The summed E-state index contributed by atoms with van der Waals surface area (Å²) in [6.45, 7) is 2.02. The zero-order valence-corrected chi connectivity index (χ0v) is 11.9. The van der Waals surface area contributed by atoms with E-state index in [2.05, 4.69) is 10.3 Å². The normalized spacial score (nSPS) is 10.6. The van der Waals surface area contributed by atoms with Crippen molar-refractivity contribution in [1.82, 2.24) is 0 Å². The van der Waals surface area contributed by atoms with E-state index in [0.29, 0.717) is 12.1 Å². The van der Waals surface area contributed by atoms with E-state index >= 15 is 0 Å². The number of carbonyl (C=O) groups is 1. The average Bonchev–Trinajstić information content (AvgIpc) is 2.36. The number of nitro benzene ring substituents is 1. The second-order valence-electron chi connectivity index (χ2n) is 3.94. The van der Waals surface area contributed by atoms with Crippen molar-refractivity contribution in [2.75, 3.05) is 5.32 Å². The summed E-state index contributed by atoms with van der Waals surface area (Å²) in [6.07, 6.45) is 2.42. The number of unbranched alkanes of at least 4 members (excludes halogenated alkanes) is 1. The predicted octanol–water partition coefficient (Wildman–Crippen LogP) is 3.10. The molecule has 0 atom stereocenters. The molecule has 3 N–H and O–H groups in total. The molecule has 0 spiro atoms. The molecule has 0 aliphatic heterocycles. The van der Waals surface area contributed by atoms with Crippen LogP contribution in [0.4, 0.5) is 16.2 Å². The number of anilines is 1. The van der Waals surface area contributed by atoms with Crippen LogP contribution >= 0.6 is 12.4 Å². The van der Waals surface area contributed by atoms with Gasteiger partial charge in [-0.3, -0.25) is 10.1 Å². The summed E-state index contributed by atoms with van der Waals surface area (Å²) in [7, 11) is 0. The van der Waals surface area contributed by atoms with Crippen molar-refractivity contribution in [2.45, 2.75) is 26.2 Å². The summed E-state index contributed by atoms with van der Waals surface area (Å²) in [5.41, 5.74) is 5.97. The molecule has 0 bridgehead atoms. The fourth-order valence-corrected chi connectivity index (χ4v) is 1.36. The average molecular weight is 301 g/mol. The first-order chi connectivity index (χ1) is 9.02. The van der Waals surface area contributed by atoms with Crippen LogP contribution in [0.15, 0.2) is 29.3 Å². The lowest BCUT2D eigenvalue weighted by molar-refractivity contribution is -0.384. The van der Waals surface area contributed by atoms with Gasteiger partial charge in [0.2, 0.25) is 0 Å². The highest BCUT2D eigenvalue weighted by Crippen LogP contribution is 2.15. The Kier molecular flexibility index (Phi) is 7.91. The molecule has 0 aliphatic rings. The van der Waals surface area contributed by atoms with Gasteiger partial charge in [0.15, 0.2) is 0 Å². The zero-order valence-electron chi connectivity index (χ0n) is 11.0. The minimum atomic E-state index is -0.581. The van der Waals surface area contributed by atoms with Crippen LogP contribution in [0.25, 0.3) is 0 Å². The smallest absolute Gasteiger partial charge is 0.347 e. The van der Waals surface area contributed by atoms with Crippen molar-refractivity contribution in [1.29, 1.82) is 0 Å². The number of nitro groups is 1. The van der Waals surface area contributed by atoms with E-state index in [0.717, 1.165) is 12.8 Å². The maximum Gasteiger partial charge on any atom is 0.347 e. The molecule has 0 fully saturated rings. The van der Waals surface area contributed by atoms with Crippen molar-refractivity contribution < 1.29 is 9.72 Å². The summed E-state index contributed by atoms with van der Waals surface area (Å²) in [5.74, 6) is 0.279. The van der Waals surface area contributed by atoms with Crippen LogP contribution in [0, 0.1) is 10.1 Å².